The number of carbonyl (C=O) groups excluding carboxylic acids is 1. The first kappa shape index (κ1) is 64.8. The third kappa shape index (κ3) is 19.7. The summed E-state index contributed by atoms with van der Waals surface area (Å²) >= 11 is 9.24. The molecule has 3 aliphatic heterocycles. The lowest BCUT2D eigenvalue weighted by atomic mass is 9.79. The average molecular weight is 1330 g/mol. The van der Waals surface area contributed by atoms with Gasteiger partial charge in [-0.2, -0.15) is 0 Å². The zero-order chi connectivity index (χ0) is 59.1. The number of ether oxygens (including phenoxy) is 6. The van der Waals surface area contributed by atoms with E-state index in [2.05, 4.69) is 72.1 Å². The topological polar surface area (TPSA) is 153 Å². The molecular weight excluding hydrogens is 1270 g/mol. The van der Waals surface area contributed by atoms with Gasteiger partial charge in [0.25, 0.3) is 0 Å². The second kappa shape index (κ2) is 33.7. The summed E-state index contributed by atoms with van der Waals surface area (Å²) in [5, 5.41) is 35.7. The fraction of sp³-hybridized carbons (Fsp3) is 0.234. The minimum atomic E-state index is -1.83. The first-order valence-corrected chi connectivity index (χ1v) is 28.7. The molecule has 0 amide bonds. The molecule has 4 N–H and O–H groups in total. The van der Waals surface area contributed by atoms with Crippen molar-refractivity contribution in [3.63, 3.8) is 0 Å². The number of carbonyl (C=O) groups is 1. The first-order chi connectivity index (χ1) is 40.2. The Morgan fingerprint density at radius 2 is 0.735 bits per heavy atom. The van der Waals surface area contributed by atoms with Crippen LogP contribution in [0.4, 0.5) is 17.6 Å². The standard InChI is InChI=1S/C16H16BFO4.2C16H14BrFO2.C9H12O2.C7H4BrFO/c18-15-8-12(6-7-14(15)17(19)20)16-21-9-13(10-22-16)11-4-2-1-3-5-11;2*17-14-7-6-12(8-15(14)18)16-19-9-13(10-20-16)11-4-2-1-3-5-11;10-6-9(7-11)8-4-2-1-3-5-8;8-6-2-1-5(4-10)3-7(6)9/h1-8,13,16,19-20H,9-10H2;2*1-8,13,16H,9-10H2;1-5,9-11H,6-7H2;1-4H. The largest absolute Gasteiger partial charge is 0.491 e. The average Bonchev–Trinajstić information content (AvgIpc) is 3.63. The van der Waals surface area contributed by atoms with Crippen LogP contribution in [0.1, 0.15) is 91.8 Å². The van der Waals surface area contributed by atoms with Crippen LogP contribution in [0.2, 0.25) is 0 Å². The van der Waals surface area contributed by atoms with Crippen molar-refractivity contribution in [1.82, 2.24) is 0 Å². The van der Waals surface area contributed by atoms with Gasteiger partial charge in [-0.05, 0) is 113 Å². The molecule has 0 atom stereocenters. The fourth-order valence-corrected chi connectivity index (χ4v) is 9.38. The lowest BCUT2D eigenvalue weighted by Crippen LogP contribution is -2.33. The third-order valence-electron chi connectivity index (χ3n) is 13.3. The number of rotatable bonds is 11. The van der Waals surface area contributed by atoms with E-state index in [4.69, 9.17) is 48.7 Å². The molecule has 0 radical (unpaired) electrons. The van der Waals surface area contributed by atoms with Crippen molar-refractivity contribution in [3.05, 3.63) is 275 Å². The molecule has 0 unspecified atom stereocenters. The van der Waals surface area contributed by atoms with Crippen LogP contribution in [0.5, 0.6) is 0 Å². The summed E-state index contributed by atoms with van der Waals surface area (Å²) in [6.07, 6.45) is -1.01. The lowest BCUT2D eigenvalue weighted by Gasteiger charge is -2.30. The maximum atomic E-state index is 13.8. The highest BCUT2D eigenvalue weighted by molar-refractivity contribution is 9.11. The molecule has 19 heteroatoms. The van der Waals surface area contributed by atoms with Crippen molar-refractivity contribution in [2.45, 2.75) is 42.5 Å². The number of aliphatic hydroxyl groups is 2. The van der Waals surface area contributed by atoms with Crippen molar-refractivity contribution in [1.29, 1.82) is 0 Å². The van der Waals surface area contributed by atoms with Crippen LogP contribution in [0.15, 0.2) is 208 Å². The Morgan fingerprint density at radius 1 is 0.422 bits per heavy atom. The highest BCUT2D eigenvalue weighted by Crippen LogP contribution is 2.34. The zero-order valence-electron chi connectivity index (χ0n) is 44.6. The number of benzene rings is 8. The fourth-order valence-electron chi connectivity index (χ4n) is 8.64. The number of hydrogen-bond acceptors (Lipinski definition) is 11. The summed E-state index contributed by atoms with van der Waals surface area (Å²) in [5.74, 6) is -1.23. The minimum Gasteiger partial charge on any atom is -0.423 e. The molecule has 11 nitrogen and oxygen atoms in total. The van der Waals surface area contributed by atoms with Crippen molar-refractivity contribution in [3.8, 4) is 0 Å². The Balaban J connectivity index is 0.000000154. The molecular formula is C64H60BBr3F4O11. The number of aliphatic hydroxyl groups excluding tert-OH is 2. The molecule has 434 valence electrons. The van der Waals surface area contributed by atoms with Gasteiger partial charge in [-0.3, -0.25) is 4.79 Å². The van der Waals surface area contributed by atoms with Gasteiger partial charge in [-0.15, -0.1) is 0 Å². The number of halogens is 7. The van der Waals surface area contributed by atoms with Crippen LogP contribution >= 0.6 is 47.8 Å². The zero-order valence-corrected chi connectivity index (χ0v) is 49.4. The van der Waals surface area contributed by atoms with E-state index in [0.717, 1.165) is 11.1 Å². The SMILES string of the molecule is Fc1cc(C2OCC(c3ccccc3)CO2)ccc1Br.Fc1cc(C2OCC(c3ccccc3)CO2)ccc1Br.O=Cc1ccc(Br)c(F)c1.OB(O)c1ccc(C2OCC(c3ccccc3)CO2)cc1F.OCC(CO)c1ccccc1. The van der Waals surface area contributed by atoms with Crippen LogP contribution < -0.4 is 5.46 Å². The summed E-state index contributed by atoms with van der Waals surface area (Å²) in [6.45, 7) is 3.28. The summed E-state index contributed by atoms with van der Waals surface area (Å²) in [7, 11) is -1.83. The van der Waals surface area contributed by atoms with Crippen molar-refractivity contribution < 1.29 is 71.0 Å². The Morgan fingerprint density at radius 3 is 1.04 bits per heavy atom. The lowest BCUT2D eigenvalue weighted by molar-refractivity contribution is -0.192. The second-order valence-corrected chi connectivity index (χ2v) is 21.6. The van der Waals surface area contributed by atoms with E-state index < -0.39 is 37.6 Å². The van der Waals surface area contributed by atoms with E-state index in [1.165, 1.54) is 47.5 Å². The van der Waals surface area contributed by atoms with Gasteiger partial charge >= 0.3 is 7.12 Å². The molecule has 0 aromatic heterocycles. The smallest absolute Gasteiger partial charge is 0.423 e. The van der Waals surface area contributed by atoms with Crippen molar-refractivity contribution in [2.75, 3.05) is 52.9 Å². The summed E-state index contributed by atoms with van der Waals surface area (Å²) in [6, 6.07) is 57.9. The van der Waals surface area contributed by atoms with Gasteiger partial charge in [-0.1, -0.05) is 152 Å². The van der Waals surface area contributed by atoms with Crippen molar-refractivity contribution in [2.24, 2.45) is 0 Å². The maximum Gasteiger partial charge on any atom is 0.491 e. The Hall–Kier alpha value is -5.75. The Bertz CT molecular complexity index is 3100. The van der Waals surface area contributed by atoms with Crippen LogP contribution in [-0.4, -0.2) is 86.5 Å². The Kier molecular flexibility index (Phi) is 26.3. The van der Waals surface area contributed by atoms with Gasteiger partial charge < -0.3 is 48.7 Å². The number of aldehydes is 1. The third-order valence-corrected chi connectivity index (χ3v) is 15.2. The molecule has 8 aromatic carbocycles. The van der Waals surface area contributed by atoms with Gasteiger partial charge in [0.15, 0.2) is 18.9 Å². The molecule has 0 bridgehead atoms. The monoisotopic (exact) mass is 1330 g/mol. The van der Waals surface area contributed by atoms with E-state index in [-0.39, 0.29) is 54.0 Å². The van der Waals surface area contributed by atoms with Crippen LogP contribution in [0.3, 0.4) is 0 Å². The van der Waals surface area contributed by atoms with E-state index in [0.29, 0.717) is 81.6 Å². The molecule has 8 aromatic rings. The van der Waals surface area contributed by atoms with Gasteiger partial charge in [0, 0.05) is 51.4 Å². The van der Waals surface area contributed by atoms with Crippen molar-refractivity contribution >= 4 is 66.7 Å². The summed E-state index contributed by atoms with van der Waals surface area (Å²) in [5.41, 5.74) is 6.65. The molecule has 0 spiro atoms. The van der Waals surface area contributed by atoms with E-state index in [1.54, 1.807) is 36.4 Å². The highest BCUT2D eigenvalue weighted by atomic mass is 79.9. The molecule has 83 heavy (non-hydrogen) atoms. The van der Waals surface area contributed by atoms with Gasteiger partial charge in [0.2, 0.25) is 0 Å². The molecule has 11 rings (SSSR count). The summed E-state index contributed by atoms with van der Waals surface area (Å²) in [4.78, 5) is 10.1. The van der Waals surface area contributed by atoms with Crippen LogP contribution in [-0.2, 0) is 28.4 Å². The normalized spacial score (nSPS) is 19.2. The molecule has 3 fully saturated rings. The van der Waals surface area contributed by atoms with Crippen LogP contribution in [0.25, 0.3) is 0 Å². The maximum absolute atomic E-state index is 13.8. The number of hydrogen-bond donors (Lipinski definition) is 4. The highest BCUT2D eigenvalue weighted by Gasteiger charge is 2.28. The quantitative estimate of drug-likeness (QED) is 0.0556. The van der Waals surface area contributed by atoms with Gasteiger partial charge in [0.05, 0.1) is 66.3 Å². The van der Waals surface area contributed by atoms with E-state index in [1.807, 2.05) is 97.1 Å². The predicted molar refractivity (Wildman–Crippen MR) is 319 cm³/mol. The predicted octanol–water partition coefficient (Wildman–Crippen LogP) is 13.3. The van der Waals surface area contributed by atoms with Crippen LogP contribution in [0, 0.1) is 23.3 Å². The minimum absolute atomic E-state index is 0.000509. The van der Waals surface area contributed by atoms with E-state index in [9.17, 15) is 22.4 Å². The Labute approximate surface area is 505 Å². The molecule has 3 heterocycles. The summed E-state index contributed by atoms with van der Waals surface area (Å²) < 4.78 is 88.9. The molecule has 0 aliphatic carbocycles. The molecule has 3 aliphatic rings. The van der Waals surface area contributed by atoms with E-state index >= 15 is 0 Å². The first-order valence-electron chi connectivity index (χ1n) is 26.3. The van der Waals surface area contributed by atoms with Gasteiger partial charge in [0.1, 0.15) is 29.6 Å². The molecule has 3 saturated heterocycles. The second-order valence-electron chi connectivity index (χ2n) is 19.1. The van der Waals surface area contributed by atoms with Gasteiger partial charge in [-0.25, -0.2) is 17.6 Å². The molecule has 0 saturated carbocycles.